The van der Waals surface area contributed by atoms with Crippen LogP contribution in [0.15, 0.2) is 10.4 Å². The number of aldehydes is 1. The van der Waals surface area contributed by atoms with Crippen LogP contribution < -0.4 is 10.1 Å². The fourth-order valence-corrected chi connectivity index (χ4v) is 1.71. The molecule has 1 aromatic rings. The summed E-state index contributed by atoms with van der Waals surface area (Å²) in [6.45, 7) is 2.36. The standard InChI is InChI=1S/C8H11N3O2S/c1-3-9-7(13)10-8-11(2)6(4-12)5-14-8/h4-5H,3H2,1-2H3,(H,9,13)/b10-8+. The first-order valence-corrected chi connectivity index (χ1v) is 4.99. The van der Waals surface area contributed by atoms with E-state index in [1.807, 2.05) is 6.92 Å². The predicted octanol–water partition coefficient (Wildman–Crippen LogP) is 0.529. The fourth-order valence-electron chi connectivity index (χ4n) is 0.867. The molecule has 0 aliphatic rings. The van der Waals surface area contributed by atoms with Crippen molar-refractivity contribution in [3.63, 3.8) is 0 Å². The molecule has 0 saturated heterocycles. The number of aromatic nitrogens is 1. The Kier molecular flexibility index (Phi) is 3.58. The third kappa shape index (κ3) is 2.29. The fraction of sp³-hybridized carbons (Fsp3) is 0.375. The molecule has 0 bridgehead atoms. The minimum Gasteiger partial charge on any atom is -0.336 e. The largest absolute Gasteiger partial charge is 0.343 e. The quantitative estimate of drug-likeness (QED) is 0.728. The molecule has 1 N–H and O–H groups in total. The summed E-state index contributed by atoms with van der Waals surface area (Å²) in [7, 11) is 1.69. The summed E-state index contributed by atoms with van der Waals surface area (Å²) in [4.78, 5) is 25.9. The molecular formula is C8H11N3O2S. The molecule has 14 heavy (non-hydrogen) atoms. The van der Waals surface area contributed by atoms with Gasteiger partial charge in [0, 0.05) is 19.0 Å². The van der Waals surface area contributed by atoms with Gasteiger partial charge in [-0.2, -0.15) is 4.99 Å². The maximum Gasteiger partial charge on any atom is 0.343 e. The lowest BCUT2D eigenvalue weighted by atomic mass is 10.5. The molecule has 0 fully saturated rings. The second-order valence-corrected chi connectivity index (χ2v) is 3.40. The average molecular weight is 213 g/mol. The van der Waals surface area contributed by atoms with Crippen LogP contribution >= 0.6 is 11.3 Å². The normalized spacial score (nSPS) is 11.4. The van der Waals surface area contributed by atoms with E-state index in [1.54, 1.807) is 17.0 Å². The van der Waals surface area contributed by atoms with Crippen molar-refractivity contribution in [2.45, 2.75) is 6.92 Å². The monoisotopic (exact) mass is 213 g/mol. The number of nitrogens with one attached hydrogen (secondary N) is 1. The third-order valence-electron chi connectivity index (χ3n) is 1.61. The van der Waals surface area contributed by atoms with Crippen LogP contribution in [0.4, 0.5) is 4.79 Å². The number of nitrogens with zero attached hydrogens (tertiary/aromatic N) is 2. The van der Waals surface area contributed by atoms with Gasteiger partial charge >= 0.3 is 6.03 Å². The lowest BCUT2D eigenvalue weighted by Crippen LogP contribution is -2.23. The Labute approximate surface area is 85.1 Å². The molecule has 2 amide bonds. The molecule has 0 saturated carbocycles. The van der Waals surface area contributed by atoms with Gasteiger partial charge in [-0.05, 0) is 6.92 Å². The Bertz CT molecular complexity index is 405. The zero-order valence-corrected chi connectivity index (χ0v) is 8.80. The Hall–Kier alpha value is -1.43. The van der Waals surface area contributed by atoms with Crippen molar-refractivity contribution >= 4 is 23.7 Å². The van der Waals surface area contributed by atoms with Crippen LogP contribution in [-0.2, 0) is 7.05 Å². The minimum absolute atomic E-state index is 0.387. The van der Waals surface area contributed by atoms with E-state index in [4.69, 9.17) is 0 Å². The molecule has 76 valence electrons. The van der Waals surface area contributed by atoms with Crippen LogP contribution in [0.5, 0.6) is 0 Å². The second kappa shape index (κ2) is 4.71. The molecule has 0 aliphatic heterocycles. The number of amides is 2. The van der Waals surface area contributed by atoms with Crippen LogP contribution in [0.2, 0.25) is 0 Å². The minimum atomic E-state index is -0.387. The van der Waals surface area contributed by atoms with Gasteiger partial charge in [-0.15, -0.1) is 11.3 Å². The first kappa shape index (κ1) is 10.6. The molecule has 1 aromatic heterocycles. The summed E-state index contributed by atoms with van der Waals surface area (Å²) >= 11 is 1.26. The van der Waals surface area contributed by atoms with Gasteiger partial charge in [0.1, 0.15) is 0 Å². The summed E-state index contributed by atoms with van der Waals surface area (Å²) in [5.74, 6) is 0. The molecule has 1 heterocycles. The van der Waals surface area contributed by atoms with Crippen molar-refractivity contribution < 1.29 is 9.59 Å². The smallest absolute Gasteiger partial charge is 0.336 e. The highest BCUT2D eigenvalue weighted by Crippen LogP contribution is 1.95. The number of thiazole rings is 1. The van der Waals surface area contributed by atoms with E-state index in [2.05, 4.69) is 10.3 Å². The van der Waals surface area contributed by atoms with Gasteiger partial charge in [-0.25, -0.2) is 4.79 Å². The topological polar surface area (TPSA) is 63.5 Å². The molecule has 0 aliphatic carbocycles. The number of hydrogen-bond donors (Lipinski definition) is 1. The van der Waals surface area contributed by atoms with Crippen molar-refractivity contribution in [1.82, 2.24) is 9.88 Å². The van der Waals surface area contributed by atoms with E-state index in [9.17, 15) is 9.59 Å². The Morgan fingerprint density at radius 1 is 1.79 bits per heavy atom. The Morgan fingerprint density at radius 3 is 3.00 bits per heavy atom. The maximum absolute atomic E-state index is 11.1. The average Bonchev–Trinajstić information content (AvgIpc) is 2.48. The lowest BCUT2D eigenvalue weighted by molar-refractivity contribution is 0.111. The molecule has 1 rings (SSSR count). The zero-order valence-electron chi connectivity index (χ0n) is 7.98. The maximum atomic E-state index is 11.1. The van der Waals surface area contributed by atoms with Gasteiger partial charge in [0.15, 0.2) is 11.1 Å². The van der Waals surface area contributed by atoms with Crippen LogP contribution in [0, 0.1) is 0 Å². The van der Waals surface area contributed by atoms with Crippen molar-refractivity contribution in [2.75, 3.05) is 6.54 Å². The predicted molar refractivity (Wildman–Crippen MR) is 53.3 cm³/mol. The highest BCUT2D eigenvalue weighted by Gasteiger charge is 2.01. The van der Waals surface area contributed by atoms with Crippen LogP contribution in [0.3, 0.4) is 0 Å². The van der Waals surface area contributed by atoms with Gasteiger partial charge in [-0.3, -0.25) is 4.79 Å². The zero-order chi connectivity index (χ0) is 10.6. The molecule has 0 spiro atoms. The van der Waals surface area contributed by atoms with Crippen LogP contribution in [-0.4, -0.2) is 23.4 Å². The van der Waals surface area contributed by atoms with Crippen molar-refractivity contribution in [3.05, 3.63) is 15.9 Å². The first-order valence-electron chi connectivity index (χ1n) is 4.11. The molecule has 0 aromatic carbocycles. The summed E-state index contributed by atoms with van der Waals surface area (Å²) in [5.41, 5.74) is 0.512. The molecular weight excluding hydrogens is 202 g/mol. The Morgan fingerprint density at radius 2 is 2.50 bits per heavy atom. The van der Waals surface area contributed by atoms with Gasteiger partial charge in [0.05, 0.1) is 5.69 Å². The van der Waals surface area contributed by atoms with E-state index >= 15 is 0 Å². The van der Waals surface area contributed by atoms with Crippen LogP contribution in [0.1, 0.15) is 17.4 Å². The lowest BCUT2D eigenvalue weighted by Gasteiger charge is -1.95. The molecule has 0 radical (unpaired) electrons. The number of urea groups is 1. The van der Waals surface area contributed by atoms with Gasteiger partial charge in [0.25, 0.3) is 0 Å². The Balaban J connectivity index is 3.01. The van der Waals surface area contributed by atoms with Crippen LogP contribution in [0.25, 0.3) is 0 Å². The van der Waals surface area contributed by atoms with Gasteiger partial charge < -0.3 is 9.88 Å². The van der Waals surface area contributed by atoms with E-state index in [-0.39, 0.29) is 6.03 Å². The van der Waals surface area contributed by atoms with Crippen molar-refractivity contribution in [3.8, 4) is 0 Å². The van der Waals surface area contributed by atoms with E-state index in [1.165, 1.54) is 11.3 Å². The number of carbonyl (C=O) groups excluding carboxylic acids is 2. The summed E-state index contributed by atoms with van der Waals surface area (Å²) in [5, 5.41) is 4.21. The second-order valence-electron chi connectivity index (χ2n) is 2.57. The summed E-state index contributed by atoms with van der Waals surface area (Å²) in [6.07, 6.45) is 0.729. The highest BCUT2D eigenvalue weighted by atomic mass is 32.1. The van der Waals surface area contributed by atoms with Gasteiger partial charge in [-0.1, -0.05) is 0 Å². The summed E-state index contributed by atoms with van der Waals surface area (Å²) < 4.78 is 1.58. The van der Waals surface area contributed by atoms with E-state index < -0.39 is 0 Å². The molecule has 0 unspecified atom stereocenters. The number of carbonyl (C=O) groups is 2. The number of rotatable bonds is 2. The SMILES string of the molecule is CCNC(=O)/N=c1/scc(C=O)n1C. The van der Waals surface area contributed by atoms with E-state index in [0.29, 0.717) is 17.0 Å². The highest BCUT2D eigenvalue weighted by molar-refractivity contribution is 7.07. The van der Waals surface area contributed by atoms with Gasteiger partial charge in [0.2, 0.25) is 0 Å². The van der Waals surface area contributed by atoms with E-state index in [0.717, 1.165) is 6.29 Å². The first-order chi connectivity index (χ1) is 6.69. The molecule has 5 nitrogen and oxygen atoms in total. The third-order valence-corrected chi connectivity index (χ3v) is 2.54. The number of hydrogen-bond acceptors (Lipinski definition) is 3. The summed E-state index contributed by atoms with van der Waals surface area (Å²) in [6, 6.07) is -0.387. The molecule has 6 heteroatoms. The molecule has 0 atom stereocenters. The van der Waals surface area contributed by atoms with Crippen molar-refractivity contribution in [1.29, 1.82) is 0 Å². The van der Waals surface area contributed by atoms with Crippen molar-refractivity contribution in [2.24, 2.45) is 12.0 Å².